The number of benzene rings is 4. The van der Waals surface area contributed by atoms with Gasteiger partial charge in [-0.05, 0) is 96.1 Å². The van der Waals surface area contributed by atoms with Gasteiger partial charge in [0, 0.05) is 48.1 Å². The van der Waals surface area contributed by atoms with Crippen molar-refractivity contribution in [2.75, 3.05) is 19.1 Å². The Morgan fingerprint density at radius 1 is 0.594 bits per heavy atom. The molecule has 0 bridgehead atoms. The number of halogens is 2. The Morgan fingerprint density at radius 3 is 1.41 bits per heavy atom. The average molecular weight is 968 g/mol. The van der Waals surface area contributed by atoms with E-state index >= 15 is 0 Å². The number of rotatable bonds is 11. The van der Waals surface area contributed by atoms with Gasteiger partial charge in [0.05, 0.1) is 58.0 Å². The van der Waals surface area contributed by atoms with Crippen molar-refractivity contribution in [3.05, 3.63) is 166 Å². The summed E-state index contributed by atoms with van der Waals surface area (Å²) in [7, 11) is -6.57. The monoisotopic (exact) mass is 966 g/mol. The van der Waals surface area contributed by atoms with Gasteiger partial charge in [-0.3, -0.25) is 0 Å². The SMILES string of the molecule is CC(C)(CN)c1cc(-c2ccc(-c3cccc(S(C)(=O)=O)c3)s2)n(-c2ccccc2Cl)n1.[C-]#[N+]C(C)(C)c1cc(-c2ccc(-c3cccc(S(C)(=O)=O)c3)s2)n(-c2ccccc2Cl)n1. The molecule has 0 unspecified atom stereocenters. The van der Waals surface area contributed by atoms with Crippen LogP contribution in [0.5, 0.6) is 0 Å². The minimum Gasteiger partial charge on any atom is -0.330 e. The van der Waals surface area contributed by atoms with Gasteiger partial charge in [-0.25, -0.2) is 32.8 Å². The van der Waals surface area contributed by atoms with Crippen LogP contribution in [0.4, 0.5) is 0 Å². The van der Waals surface area contributed by atoms with Gasteiger partial charge in [-0.15, -0.1) is 22.7 Å². The predicted octanol–water partition coefficient (Wildman–Crippen LogP) is 12.0. The third-order valence-corrected chi connectivity index (χ3v) is 15.7. The number of hydrogen-bond acceptors (Lipinski definition) is 9. The minimum atomic E-state index is -3.29. The first-order valence-electron chi connectivity index (χ1n) is 19.8. The van der Waals surface area contributed by atoms with Gasteiger partial charge in [0.25, 0.3) is 5.54 Å². The number of sulfone groups is 2. The van der Waals surface area contributed by atoms with Crippen molar-refractivity contribution in [1.29, 1.82) is 0 Å². The Hall–Kier alpha value is -5.37. The molecule has 4 heterocycles. The van der Waals surface area contributed by atoms with Crippen LogP contribution in [0.1, 0.15) is 39.1 Å². The topological polar surface area (TPSA) is 134 Å². The second kappa shape index (κ2) is 18.3. The Kier molecular flexibility index (Phi) is 13.3. The summed E-state index contributed by atoms with van der Waals surface area (Å²) in [6, 6.07) is 40.9. The Bertz CT molecular complexity index is 3280. The van der Waals surface area contributed by atoms with Gasteiger partial charge < -0.3 is 10.6 Å². The number of thiophene rings is 2. The Labute approximate surface area is 392 Å². The zero-order chi connectivity index (χ0) is 46.2. The van der Waals surface area contributed by atoms with Crippen LogP contribution in [0.25, 0.3) is 58.2 Å². The van der Waals surface area contributed by atoms with Gasteiger partial charge >= 0.3 is 0 Å². The summed E-state index contributed by atoms with van der Waals surface area (Å²) in [6.07, 6.45) is 2.42. The van der Waals surface area contributed by atoms with Crippen molar-refractivity contribution >= 4 is 65.5 Å². The van der Waals surface area contributed by atoms with Crippen molar-refractivity contribution in [3.8, 4) is 53.4 Å². The molecule has 0 fully saturated rings. The van der Waals surface area contributed by atoms with Crippen LogP contribution in [-0.4, -0.2) is 55.5 Å². The van der Waals surface area contributed by atoms with Crippen LogP contribution in [0, 0.1) is 6.57 Å². The van der Waals surface area contributed by atoms with E-state index in [0.717, 1.165) is 59.1 Å². The second-order valence-electron chi connectivity index (χ2n) is 16.2. The molecule has 0 saturated heterocycles. The first-order valence-corrected chi connectivity index (χ1v) is 26.0. The number of nitrogens with two attached hydrogens (primary N) is 1. The highest BCUT2D eigenvalue weighted by molar-refractivity contribution is 7.91. The van der Waals surface area contributed by atoms with Gasteiger partial charge in [0.15, 0.2) is 19.7 Å². The van der Waals surface area contributed by atoms with Crippen LogP contribution in [-0.2, 0) is 30.6 Å². The van der Waals surface area contributed by atoms with Crippen molar-refractivity contribution in [2.45, 2.75) is 48.4 Å². The molecule has 0 spiro atoms. The number of para-hydroxylation sites is 2. The number of nitrogens with zero attached hydrogens (tertiary/aromatic N) is 5. The summed E-state index contributed by atoms with van der Waals surface area (Å²) < 4.78 is 51.5. The third kappa shape index (κ3) is 9.96. The molecule has 0 radical (unpaired) electrons. The molecule has 4 aromatic carbocycles. The van der Waals surface area contributed by atoms with Gasteiger partial charge in [0.1, 0.15) is 5.69 Å². The standard InChI is InChI=1S/C24H20ClN3O2S2.C24H24ClN3O2S2/c1-24(2,26-3)23-15-20(28(27-23)19-11-6-5-10-18(19)25)22-13-12-21(31-22)16-8-7-9-17(14-16)32(4,29)30;1-24(2,15-26)23-14-20(28(27-23)19-10-5-4-9-18(19)25)22-12-11-21(31-22)16-7-6-8-17(13-16)32(3,29)30/h5-15H,1-2,4H3;4-14H,15,26H2,1-3H3. The van der Waals surface area contributed by atoms with E-state index in [9.17, 15) is 16.8 Å². The summed E-state index contributed by atoms with van der Waals surface area (Å²) in [6.45, 7) is 15.8. The molecule has 8 aromatic rings. The zero-order valence-electron chi connectivity index (χ0n) is 35.7. The third-order valence-electron chi connectivity index (χ3n) is 10.5. The van der Waals surface area contributed by atoms with Crippen LogP contribution in [0.2, 0.25) is 10.0 Å². The molecule has 0 amide bonds. The van der Waals surface area contributed by atoms with E-state index in [4.69, 9.17) is 45.7 Å². The fraction of sp³-hybridized carbons (Fsp3) is 0.188. The molecule has 0 aliphatic heterocycles. The van der Waals surface area contributed by atoms with Crippen molar-refractivity contribution in [2.24, 2.45) is 5.73 Å². The van der Waals surface area contributed by atoms with Gasteiger partial charge in [0.2, 0.25) is 0 Å². The van der Waals surface area contributed by atoms with E-state index in [1.165, 1.54) is 23.8 Å². The lowest BCUT2D eigenvalue weighted by Crippen LogP contribution is -2.28. The minimum absolute atomic E-state index is 0.284. The smallest absolute Gasteiger partial charge is 0.270 e. The lowest BCUT2D eigenvalue weighted by Gasteiger charge is -2.19. The summed E-state index contributed by atoms with van der Waals surface area (Å²) in [5.74, 6) is 0. The molecule has 4 aromatic heterocycles. The highest BCUT2D eigenvalue weighted by Gasteiger charge is 2.32. The van der Waals surface area contributed by atoms with Gasteiger partial charge in [-0.1, -0.05) is 85.6 Å². The molecule has 0 aliphatic rings. The molecule has 2 N–H and O–H groups in total. The molecule has 8 rings (SSSR count). The molecule has 0 saturated carbocycles. The quantitative estimate of drug-likeness (QED) is 0.128. The molecule has 328 valence electrons. The van der Waals surface area contributed by atoms with Crippen molar-refractivity contribution in [1.82, 2.24) is 19.6 Å². The second-order valence-corrected chi connectivity index (χ2v) is 23.3. The van der Waals surface area contributed by atoms with E-state index < -0.39 is 25.2 Å². The zero-order valence-corrected chi connectivity index (χ0v) is 40.5. The van der Waals surface area contributed by atoms with Crippen LogP contribution >= 0.6 is 45.9 Å². The van der Waals surface area contributed by atoms with E-state index in [1.54, 1.807) is 58.5 Å². The lowest BCUT2D eigenvalue weighted by molar-refractivity contribution is 0.516. The van der Waals surface area contributed by atoms with Crippen molar-refractivity contribution in [3.63, 3.8) is 0 Å². The first kappa shape index (κ1) is 46.6. The van der Waals surface area contributed by atoms with E-state index in [1.807, 2.05) is 103 Å². The summed E-state index contributed by atoms with van der Waals surface area (Å²) in [5.41, 5.74) is 11.4. The fourth-order valence-electron chi connectivity index (χ4n) is 6.54. The Balaban J connectivity index is 0.000000191. The molecule has 16 heteroatoms. The van der Waals surface area contributed by atoms with E-state index in [2.05, 4.69) is 24.8 Å². The van der Waals surface area contributed by atoms with Crippen LogP contribution < -0.4 is 5.73 Å². The predicted molar refractivity (Wildman–Crippen MR) is 263 cm³/mol. The summed E-state index contributed by atoms with van der Waals surface area (Å²) >= 11 is 16.1. The van der Waals surface area contributed by atoms with E-state index in [-0.39, 0.29) is 10.3 Å². The largest absolute Gasteiger partial charge is 0.330 e. The molecule has 10 nitrogen and oxygen atoms in total. The molecular formula is C48H44Cl2N6O4S4. The highest BCUT2D eigenvalue weighted by atomic mass is 35.5. The maximum Gasteiger partial charge on any atom is 0.270 e. The van der Waals surface area contributed by atoms with E-state index in [0.29, 0.717) is 27.2 Å². The number of aromatic nitrogens is 4. The molecule has 0 aliphatic carbocycles. The lowest BCUT2D eigenvalue weighted by atomic mass is 9.89. The average Bonchev–Trinajstić information content (AvgIpc) is 4.10. The normalized spacial score (nSPS) is 12.1. The van der Waals surface area contributed by atoms with Gasteiger partial charge in [-0.2, -0.15) is 10.2 Å². The molecule has 64 heavy (non-hydrogen) atoms. The maximum atomic E-state index is 12.0. The Morgan fingerprint density at radius 2 is 1.00 bits per heavy atom. The van der Waals surface area contributed by atoms with Crippen molar-refractivity contribution < 1.29 is 16.8 Å². The first-order chi connectivity index (χ1) is 30.2. The molecular weight excluding hydrogens is 924 g/mol. The number of hydrogen-bond donors (Lipinski definition) is 1. The molecule has 0 atom stereocenters. The van der Waals surface area contributed by atoms with Crippen LogP contribution in [0.15, 0.2) is 143 Å². The van der Waals surface area contributed by atoms with Crippen LogP contribution in [0.3, 0.4) is 0 Å². The maximum absolute atomic E-state index is 12.0. The fourth-order valence-corrected chi connectivity index (χ4v) is 10.3. The summed E-state index contributed by atoms with van der Waals surface area (Å²) in [4.78, 5) is 8.15. The summed E-state index contributed by atoms with van der Waals surface area (Å²) in [5, 5.41) is 10.8. The highest BCUT2D eigenvalue weighted by Crippen LogP contribution is 2.41.